The van der Waals surface area contributed by atoms with Crippen molar-refractivity contribution in [2.24, 2.45) is 5.41 Å². The normalized spacial score (nSPS) is 17.2. The molecule has 358 valence electrons. The molecule has 3 heterocycles. The van der Waals surface area contributed by atoms with Crippen molar-refractivity contribution in [1.82, 2.24) is 25.4 Å². The molecule has 2 saturated heterocycles. The number of carbonyl (C=O) groups is 5. The Morgan fingerprint density at radius 1 is 0.986 bits per heavy atom. The smallest absolute Gasteiger partial charge is 0.420 e. The van der Waals surface area contributed by atoms with Crippen LogP contribution in [-0.2, 0) is 44.9 Å². The van der Waals surface area contributed by atoms with Crippen molar-refractivity contribution >= 4 is 58.0 Å². The monoisotopic (exact) mass is 980 g/mol. The zero-order chi connectivity index (χ0) is 49.8. The highest BCUT2D eigenvalue weighted by molar-refractivity contribution is 8.18. The number of aliphatic hydroxyl groups excluding tert-OH is 1. The molecule has 4 aromatic carbocycles. The van der Waals surface area contributed by atoms with Crippen molar-refractivity contribution in [3.05, 3.63) is 134 Å². The van der Waals surface area contributed by atoms with E-state index >= 15 is 0 Å². The molecule has 19 heteroatoms. The quantitative estimate of drug-likeness (QED) is 0.0906. The summed E-state index contributed by atoms with van der Waals surface area (Å²) in [6.45, 7) is 7.18. The van der Waals surface area contributed by atoms with Crippen LogP contribution in [0.5, 0.6) is 17.2 Å². The number of aryl methyl sites for hydroxylation is 1. The van der Waals surface area contributed by atoms with Crippen LogP contribution in [0.4, 0.5) is 18.0 Å². The average molecular weight is 981 g/mol. The number of alkyl halides is 3. The van der Waals surface area contributed by atoms with Gasteiger partial charge in [0.25, 0.3) is 11.1 Å². The molecule has 7 rings (SSSR count). The van der Waals surface area contributed by atoms with Gasteiger partial charge in [0.2, 0.25) is 17.7 Å². The minimum absolute atomic E-state index is 0.0218. The number of aromatic nitrogens is 1. The van der Waals surface area contributed by atoms with E-state index in [0.717, 1.165) is 32.7 Å². The first-order valence-electron chi connectivity index (χ1n) is 21.6. The number of nitriles is 1. The van der Waals surface area contributed by atoms with Gasteiger partial charge in [-0.3, -0.25) is 28.9 Å². The Labute approximate surface area is 404 Å². The molecule has 3 N–H and O–H groups in total. The molecule has 69 heavy (non-hydrogen) atoms. The summed E-state index contributed by atoms with van der Waals surface area (Å²) in [5.74, 6) is -2.72. The molecule has 14 nitrogen and oxygen atoms in total. The van der Waals surface area contributed by atoms with Crippen LogP contribution in [0.2, 0.25) is 0 Å². The first-order valence-corrected chi connectivity index (χ1v) is 23.3. The summed E-state index contributed by atoms with van der Waals surface area (Å²) in [4.78, 5) is 76.4. The molecule has 0 spiro atoms. The van der Waals surface area contributed by atoms with Crippen LogP contribution < -0.4 is 20.1 Å². The molecule has 3 atom stereocenters. The van der Waals surface area contributed by atoms with Crippen molar-refractivity contribution in [1.29, 1.82) is 5.26 Å². The zero-order valence-corrected chi connectivity index (χ0v) is 39.7. The lowest BCUT2D eigenvalue weighted by Gasteiger charge is -2.35. The van der Waals surface area contributed by atoms with Gasteiger partial charge in [-0.2, -0.15) is 18.4 Å². The molecule has 0 unspecified atom stereocenters. The van der Waals surface area contributed by atoms with Gasteiger partial charge in [0.15, 0.2) is 11.5 Å². The second-order valence-corrected chi connectivity index (χ2v) is 19.3. The molecule has 0 radical (unpaired) electrons. The topological polar surface area (TPSA) is 191 Å². The molecule has 2 aliphatic heterocycles. The van der Waals surface area contributed by atoms with Gasteiger partial charge in [0.1, 0.15) is 17.8 Å². The standard InChI is InChI=1S/C50H47F3N6O8S2/c1-28-43(68-27-56-28)32-14-10-29(11-15-32)24-55-45(62)37-22-35(60)26-58(37)47(64)44(49(2,3)4)57-42(61)21-33-8-6-7-9-34(33)25-59-46(63)41(69-48(59)65)20-30-12-17-39(40(19-30)66-5)67-38-16-13-31(23-54)18-36(38)50(51,52)53/h6-20,27,35,37,44,60H,21-22,24-26H2,1-5H3,(H,55,62)(H,57,61)/b41-20-/t35-,37+,44-/m1/s1. The molecular weight excluding hydrogens is 934 g/mol. The van der Waals surface area contributed by atoms with E-state index in [1.54, 1.807) is 68.0 Å². The zero-order valence-electron chi connectivity index (χ0n) is 38.0. The highest BCUT2D eigenvalue weighted by atomic mass is 32.2. The van der Waals surface area contributed by atoms with Crippen LogP contribution in [0.3, 0.4) is 0 Å². The molecule has 5 amide bonds. The van der Waals surface area contributed by atoms with E-state index in [4.69, 9.17) is 14.7 Å². The number of rotatable bonds is 14. The Balaban J connectivity index is 0.996. The fourth-order valence-electron chi connectivity index (χ4n) is 7.89. The van der Waals surface area contributed by atoms with Crippen LogP contribution in [0, 0.1) is 23.7 Å². The van der Waals surface area contributed by atoms with E-state index in [-0.39, 0.29) is 54.4 Å². The number of amides is 5. The first-order chi connectivity index (χ1) is 32.7. The highest BCUT2D eigenvalue weighted by Crippen LogP contribution is 2.42. The Kier molecular flexibility index (Phi) is 15.0. The fourth-order valence-corrected chi connectivity index (χ4v) is 9.54. The maximum Gasteiger partial charge on any atom is 0.420 e. The Bertz CT molecular complexity index is 2870. The second kappa shape index (κ2) is 20.7. The number of aliphatic hydroxyl groups is 1. The number of halogens is 3. The van der Waals surface area contributed by atoms with Gasteiger partial charge >= 0.3 is 6.18 Å². The summed E-state index contributed by atoms with van der Waals surface area (Å²) in [5.41, 5.74) is 3.74. The number of nitrogens with one attached hydrogen (secondary N) is 2. The molecule has 2 fully saturated rings. The Morgan fingerprint density at radius 2 is 1.70 bits per heavy atom. The van der Waals surface area contributed by atoms with Crippen molar-refractivity contribution in [2.75, 3.05) is 13.7 Å². The number of methoxy groups -OCH3 is 1. The molecule has 1 aromatic heterocycles. The van der Waals surface area contributed by atoms with Gasteiger partial charge in [-0.05, 0) is 88.3 Å². The van der Waals surface area contributed by atoms with Crippen molar-refractivity contribution in [3.8, 4) is 33.8 Å². The molecule has 0 aliphatic carbocycles. The number of hydrogen-bond acceptors (Lipinski definition) is 12. The van der Waals surface area contributed by atoms with Gasteiger partial charge in [-0.15, -0.1) is 11.3 Å². The SMILES string of the molecule is COc1cc(/C=C2\SC(=O)N(Cc3ccccc3CC(=O)N[C@H](C(=O)N3C[C@H](O)C[C@H]3C(=O)NCc3ccc(-c4scnc4C)cc3)C(C)(C)C)C2=O)ccc1Oc1ccc(C#N)cc1C(F)(F)F. The Morgan fingerprint density at radius 3 is 2.35 bits per heavy atom. The maximum absolute atomic E-state index is 14.3. The highest BCUT2D eigenvalue weighted by Gasteiger charge is 2.45. The van der Waals surface area contributed by atoms with E-state index in [1.807, 2.05) is 31.2 Å². The molecular formula is C50H47F3N6O8S2. The lowest BCUT2D eigenvalue weighted by atomic mass is 9.85. The van der Waals surface area contributed by atoms with Crippen molar-refractivity contribution in [2.45, 2.75) is 78.0 Å². The van der Waals surface area contributed by atoms with Crippen LogP contribution >= 0.6 is 23.1 Å². The van der Waals surface area contributed by atoms with E-state index in [1.165, 1.54) is 42.4 Å². The van der Waals surface area contributed by atoms with Crippen molar-refractivity contribution < 1.29 is 51.7 Å². The summed E-state index contributed by atoms with van der Waals surface area (Å²) in [6, 6.07) is 21.2. The molecule has 0 bridgehead atoms. The lowest BCUT2D eigenvalue weighted by Crippen LogP contribution is -2.58. The lowest BCUT2D eigenvalue weighted by molar-refractivity contribution is -0.144. The Hall–Kier alpha value is -7.01. The van der Waals surface area contributed by atoms with Crippen LogP contribution in [-0.4, -0.2) is 80.6 Å². The number of hydrogen-bond donors (Lipinski definition) is 3. The van der Waals surface area contributed by atoms with Gasteiger partial charge in [0, 0.05) is 19.5 Å². The summed E-state index contributed by atoms with van der Waals surface area (Å²) in [7, 11) is 1.28. The third-order valence-corrected chi connectivity index (χ3v) is 13.4. The number of β-amino-alcohol motifs (C(OH)–C–C–N with tert-alkyl or cyclic N) is 1. The summed E-state index contributed by atoms with van der Waals surface area (Å²) in [5, 5.41) is 25.0. The summed E-state index contributed by atoms with van der Waals surface area (Å²) in [6.07, 6.45) is -4.54. The number of imide groups is 1. The maximum atomic E-state index is 14.3. The minimum atomic E-state index is -4.81. The number of thioether (sulfide) groups is 1. The third-order valence-electron chi connectivity index (χ3n) is 11.5. The van der Waals surface area contributed by atoms with Gasteiger partial charge < -0.3 is 30.1 Å². The minimum Gasteiger partial charge on any atom is -0.493 e. The fraction of sp³-hybridized carbons (Fsp3) is 0.300. The average Bonchev–Trinajstić information content (AvgIpc) is 4.00. The second-order valence-electron chi connectivity index (χ2n) is 17.5. The van der Waals surface area contributed by atoms with Crippen LogP contribution in [0.1, 0.15) is 66.3 Å². The van der Waals surface area contributed by atoms with E-state index < -0.39 is 70.0 Å². The molecule has 0 saturated carbocycles. The first kappa shape index (κ1) is 49.9. The summed E-state index contributed by atoms with van der Waals surface area (Å²) >= 11 is 2.22. The van der Waals surface area contributed by atoms with Crippen LogP contribution in [0.25, 0.3) is 16.5 Å². The summed E-state index contributed by atoms with van der Waals surface area (Å²) < 4.78 is 52.4. The number of nitrogens with zero attached hydrogens (tertiary/aromatic N) is 4. The number of likely N-dealkylation sites (tertiary alicyclic amines) is 1. The van der Waals surface area contributed by atoms with Gasteiger partial charge in [-0.1, -0.05) is 75.4 Å². The van der Waals surface area contributed by atoms with Gasteiger partial charge in [-0.25, -0.2) is 4.98 Å². The van der Waals surface area contributed by atoms with E-state index in [2.05, 4.69) is 15.6 Å². The molecule has 2 aliphatic rings. The van der Waals surface area contributed by atoms with Gasteiger partial charge in [0.05, 0.1) is 64.4 Å². The third kappa shape index (κ3) is 11.6. The number of carbonyl (C=O) groups excluding carboxylic acids is 5. The van der Waals surface area contributed by atoms with Crippen molar-refractivity contribution in [3.63, 3.8) is 0 Å². The number of thiazole rings is 1. The van der Waals surface area contributed by atoms with E-state index in [9.17, 15) is 42.3 Å². The van der Waals surface area contributed by atoms with Crippen LogP contribution in [0.15, 0.2) is 95.3 Å². The number of ether oxygens (including phenoxy) is 2. The molecule has 5 aromatic rings. The predicted octanol–water partition coefficient (Wildman–Crippen LogP) is 8.40. The van der Waals surface area contributed by atoms with E-state index in [0.29, 0.717) is 34.5 Å². The predicted molar refractivity (Wildman–Crippen MR) is 253 cm³/mol. The largest absolute Gasteiger partial charge is 0.493 e. The number of benzene rings is 4.